The number of nitrogens with one attached hydrogen (secondary N) is 1. The summed E-state index contributed by atoms with van der Waals surface area (Å²) < 4.78 is 99.5. The number of aromatic nitrogens is 4. The Morgan fingerprint density at radius 1 is 0.987 bits per heavy atom. The van der Waals surface area contributed by atoms with Crippen LogP contribution in [0, 0.1) is 6.92 Å². The first kappa shape index (κ1) is 62.5. The summed E-state index contributed by atoms with van der Waals surface area (Å²) in [5, 5.41) is 3.05. The third kappa shape index (κ3) is 15.5. The fraction of sp³-hybridized carbons (Fsp3) is 0.490. The van der Waals surface area contributed by atoms with E-state index >= 15 is 0 Å². The molecule has 1 saturated heterocycles. The van der Waals surface area contributed by atoms with Gasteiger partial charge in [-0.3, -0.25) is 13.9 Å². The number of benzene rings is 2. The molecule has 5 atom stereocenters. The van der Waals surface area contributed by atoms with E-state index in [0.717, 1.165) is 47.7 Å². The molecule has 0 bridgehead atoms. The smallest absolute Gasteiger partial charge is 0.490 e. The van der Waals surface area contributed by atoms with Crippen LogP contribution in [-0.2, 0) is 62.1 Å². The van der Waals surface area contributed by atoms with Crippen molar-refractivity contribution in [3.8, 4) is 0 Å². The number of ether oxygens (including phenoxy) is 2. The van der Waals surface area contributed by atoms with Gasteiger partial charge in [-0.1, -0.05) is 65.3 Å². The first-order chi connectivity index (χ1) is 36.8. The minimum atomic E-state index is -5.76. The predicted octanol–water partition coefficient (Wildman–Crippen LogP) is 8.32. The number of nitrogens with two attached hydrogens (primary N) is 1. The molecule has 2 unspecified atom stereocenters. The van der Waals surface area contributed by atoms with Gasteiger partial charge in [0.2, 0.25) is 11.6 Å². The van der Waals surface area contributed by atoms with E-state index in [1.807, 2.05) is 58.9 Å². The van der Waals surface area contributed by atoms with Crippen molar-refractivity contribution in [1.82, 2.24) is 24.8 Å². The van der Waals surface area contributed by atoms with Gasteiger partial charge < -0.3 is 49.6 Å². The number of carbonyl (C=O) groups excluding carboxylic acids is 1. The average Bonchev–Trinajstić information content (AvgIpc) is 4.30. The number of allylic oxidation sites excluding steroid dienone is 6. The lowest BCUT2D eigenvalue weighted by Gasteiger charge is -2.25. The number of hydrogen-bond acceptors (Lipinski definition) is 19. The molecule has 1 fully saturated rings. The van der Waals surface area contributed by atoms with Crippen molar-refractivity contribution in [3.63, 3.8) is 0 Å². The fourth-order valence-corrected chi connectivity index (χ4v) is 15.4. The van der Waals surface area contributed by atoms with Gasteiger partial charge in [0.1, 0.15) is 46.8 Å². The molecular formula is C49H67N8O16P3S3. The number of anilines is 2. The standard InChI is InChI=1S/C49H67N8O16P3S3/c1-9-55-36-22-20-33(79(66,67)68)25-35(36)49(7,8)40(55)16-12-10-13-17-41-48(5,6)34-24-32(2)19-21-37(34)56(41)23-15-11-14-18-42(58)51-28-47(3,4)78-77-31-69-38-26-43(57-30-54-44-45(50)52-29-53-46(44)57)71-39(38)27-70-75(62,63)73-76(64,65)72-74(59,60)61/h10,12-13,16-17,19-22,24-25,29-30,38-39,43H,9,11,14-15,18,23,26-28,31H2,1-8H3,(H7-,50,51,52,53,58,59,60,61,62,63,64,65,66,67,68)/t38-,39-,43-/m1/s1. The Morgan fingerprint density at radius 2 is 1.73 bits per heavy atom. The van der Waals surface area contributed by atoms with E-state index in [0.29, 0.717) is 37.1 Å². The molecule has 3 aliphatic heterocycles. The zero-order valence-electron chi connectivity index (χ0n) is 44.8. The minimum absolute atomic E-state index is 0.0749. The molecule has 1 amide bonds. The van der Waals surface area contributed by atoms with Crippen LogP contribution in [0.2, 0.25) is 0 Å². The van der Waals surface area contributed by atoms with Gasteiger partial charge >= 0.3 is 23.5 Å². The number of unbranched alkanes of at least 4 members (excludes halogenated alkanes) is 2. The molecule has 79 heavy (non-hydrogen) atoms. The third-order valence-corrected chi connectivity index (χ3v) is 21.1. The zero-order chi connectivity index (χ0) is 57.9. The maximum atomic E-state index is 13.1. The lowest BCUT2D eigenvalue weighted by atomic mass is 9.81. The molecule has 0 aliphatic carbocycles. The molecule has 0 spiro atoms. The van der Waals surface area contributed by atoms with Crippen LogP contribution in [0.25, 0.3) is 11.2 Å². The van der Waals surface area contributed by atoms with Gasteiger partial charge in [-0.05, 0) is 90.3 Å². The summed E-state index contributed by atoms with van der Waals surface area (Å²) in [7, 11) is -18.6. The van der Waals surface area contributed by atoms with E-state index in [1.54, 1.807) is 10.6 Å². The Bertz CT molecular complexity index is 3330. The number of fused-ring (bicyclic) bond motifs is 3. The van der Waals surface area contributed by atoms with Gasteiger partial charge in [-0.15, -0.1) is 0 Å². The molecule has 4 aromatic rings. The van der Waals surface area contributed by atoms with Crippen molar-refractivity contribution in [2.75, 3.05) is 42.8 Å². The number of nitrogens with zero attached hydrogens (tertiary/aromatic N) is 6. The van der Waals surface area contributed by atoms with E-state index in [-0.39, 0.29) is 34.4 Å². The van der Waals surface area contributed by atoms with Crippen molar-refractivity contribution < 1.29 is 78.2 Å². The monoisotopic (exact) mass is 1210 g/mol. The Labute approximate surface area is 466 Å². The largest absolute Gasteiger partial charge is 0.744 e. The van der Waals surface area contributed by atoms with Crippen molar-refractivity contribution in [1.29, 1.82) is 0 Å². The van der Waals surface area contributed by atoms with E-state index < -0.39 is 68.8 Å². The van der Waals surface area contributed by atoms with Crippen molar-refractivity contribution in [2.45, 2.75) is 126 Å². The first-order valence-corrected chi connectivity index (χ1v) is 33.3. The lowest BCUT2D eigenvalue weighted by molar-refractivity contribution is -0.438. The Balaban J connectivity index is 0.897. The number of phosphoric ester groups is 1. The van der Waals surface area contributed by atoms with Crippen LogP contribution < -0.4 is 16.0 Å². The molecule has 30 heteroatoms. The summed E-state index contributed by atoms with van der Waals surface area (Å²) >= 11 is 0. The van der Waals surface area contributed by atoms with E-state index in [1.165, 1.54) is 57.5 Å². The van der Waals surface area contributed by atoms with Crippen molar-refractivity contribution in [2.24, 2.45) is 0 Å². The fourth-order valence-electron chi connectivity index (χ4n) is 9.75. The predicted molar refractivity (Wildman–Crippen MR) is 299 cm³/mol. The molecule has 24 nitrogen and oxygen atoms in total. The highest BCUT2D eigenvalue weighted by Crippen LogP contribution is 2.66. The summed E-state index contributed by atoms with van der Waals surface area (Å²) in [6.45, 7) is 17.6. The number of imidazole rings is 1. The van der Waals surface area contributed by atoms with E-state index in [4.69, 9.17) is 29.5 Å². The normalized spacial score (nSPS) is 21.4. The number of hydrogen-bond donors (Lipinski definition) is 6. The molecule has 0 saturated carbocycles. The maximum Gasteiger partial charge on any atom is 0.490 e. The minimum Gasteiger partial charge on any atom is -0.744 e. The van der Waals surface area contributed by atoms with Crippen molar-refractivity contribution in [3.05, 3.63) is 102 Å². The highest BCUT2D eigenvalue weighted by molar-refractivity contribution is 8.77. The quantitative estimate of drug-likeness (QED) is 0.00654. The molecular weight excluding hydrogens is 1150 g/mol. The molecule has 0 radical (unpaired) electrons. The van der Waals surface area contributed by atoms with Gasteiger partial charge in [0.25, 0.3) is 0 Å². The second-order valence-corrected chi connectivity index (χ2v) is 29.4. The van der Waals surface area contributed by atoms with Gasteiger partial charge in [0.15, 0.2) is 17.2 Å². The highest BCUT2D eigenvalue weighted by atomic mass is 33.1. The number of likely N-dealkylation sites (N-methyl/N-ethyl adjacent to an activating group) is 1. The molecule has 3 aliphatic rings. The van der Waals surface area contributed by atoms with Crippen LogP contribution in [-0.4, -0.2) is 117 Å². The number of rotatable bonds is 26. The Kier molecular flexibility index (Phi) is 19.6. The maximum absolute atomic E-state index is 13.1. The van der Waals surface area contributed by atoms with Gasteiger partial charge in [0, 0.05) is 71.6 Å². The SMILES string of the molecule is CCN1/C(=C/C=C/C=C/C2=[N+](CCCCCC(=O)NCC(C)(C)SSCO[C@@H]3C[C@H](n4cnc5c(N)ncnc54)O[C@@H]3COP(=O)(O)OP(=O)(O)OP(=O)(O)O)c3ccc(C)cc3C2(C)C)C(C)(C)c2cc(S(=O)(=O)[O-])ccc21. The number of phosphoric acid groups is 3. The summed E-state index contributed by atoms with van der Waals surface area (Å²) in [4.78, 5) is 64.9. The Morgan fingerprint density at radius 3 is 2.44 bits per heavy atom. The molecule has 432 valence electrons. The number of amides is 1. The van der Waals surface area contributed by atoms with E-state index in [9.17, 15) is 41.2 Å². The Hall–Kier alpha value is -4.11. The van der Waals surface area contributed by atoms with Gasteiger partial charge in [-0.2, -0.15) is 13.2 Å². The van der Waals surface area contributed by atoms with Crippen LogP contribution in [0.1, 0.15) is 103 Å². The second kappa shape index (κ2) is 24.8. The number of nitrogen functional groups attached to an aromatic ring is 1. The van der Waals surface area contributed by atoms with E-state index in [2.05, 4.69) is 83.4 Å². The van der Waals surface area contributed by atoms with Gasteiger partial charge in [0.05, 0.1) is 29.3 Å². The van der Waals surface area contributed by atoms with Crippen LogP contribution in [0.15, 0.2) is 90.0 Å². The second-order valence-electron chi connectivity index (χ2n) is 20.7. The zero-order valence-corrected chi connectivity index (χ0v) is 50.0. The number of aryl methyl sites for hydroxylation is 1. The van der Waals surface area contributed by atoms with Crippen LogP contribution >= 0.6 is 45.1 Å². The summed E-state index contributed by atoms with van der Waals surface area (Å²) in [6, 6.07) is 11.1. The van der Waals surface area contributed by atoms with Crippen LogP contribution in [0.5, 0.6) is 0 Å². The van der Waals surface area contributed by atoms with Crippen molar-refractivity contribution >= 4 is 95.1 Å². The molecule has 2 aromatic heterocycles. The number of carbonyl (C=O) groups is 1. The molecule has 7 N–H and O–H groups in total. The lowest BCUT2D eigenvalue weighted by Crippen LogP contribution is -2.35. The molecule has 2 aromatic carbocycles. The third-order valence-electron chi connectivity index (χ3n) is 13.6. The highest BCUT2D eigenvalue weighted by Gasteiger charge is 2.46. The summed E-state index contributed by atoms with van der Waals surface area (Å²) in [6.07, 6.45) is 13.0. The average molecular weight is 1210 g/mol. The van der Waals surface area contributed by atoms with Crippen LogP contribution in [0.4, 0.5) is 17.2 Å². The summed E-state index contributed by atoms with van der Waals surface area (Å²) in [5.74, 6) is 0.123. The topological polar surface area (TPSA) is 340 Å². The van der Waals surface area contributed by atoms with Crippen LogP contribution in [0.3, 0.4) is 0 Å². The summed E-state index contributed by atoms with van der Waals surface area (Å²) in [5.41, 5.74) is 13.1. The molecule has 5 heterocycles. The first-order valence-electron chi connectivity index (χ1n) is 25.1. The van der Waals surface area contributed by atoms with Gasteiger partial charge in [-0.25, -0.2) is 37.1 Å². The molecule has 7 rings (SSSR count).